The first-order chi connectivity index (χ1) is 10.9. The van der Waals surface area contributed by atoms with Gasteiger partial charge in [0.2, 0.25) is 0 Å². The van der Waals surface area contributed by atoms with Gasteiger partial charge >= 0.3 is 0 Å². The molecule has 0 amide bonds. The molecule has 0 aliphatic heterocycles. The highest BCUT2D eigenvalue weighted by atomic mass is 32.2. The van der Waals surface area contributed by atoms with Crippen molar-refractivity contribution in [2.45, 2.75) is 18.2 Å². The fourth-order valence-electron chi connectivity index (χ4n) is 2.04. The van der Waals surface area contributed by atoms with Gasteiger partial charge in [0.25, 0.3) is 10.1 Å². The molecule has 0 aliphatic carbocycles. The topological polar surface area (TPSA) is 82.3 Å². The Hall–Kier alpha value is -2.25. The van der Waals surface area contributed by atoms with Gasteiger partial charge in [-0.3, -0.25) is 4.55 Å². The summed E-state index contributed by atoms with van der Waals surface area (Å²) in [6.07, 6.45) is 1.08. The third-order valence-electron chi connectivity index (χ3n) is 3.27. The molecular weight excluding hydrogens is 314 g/mol. The third-order valence-corrected chi connectivity index (χ3v) is 4.13. The Bertz CT molecular complexity index is 769. The predicted octanol–water partition coefficient (Wildman–Crippen LogP) is 4.19. The summed E-state index contributed by atoms with van der Waals surface area (Å²) in [4.78, 5) is 1.99. The van der Waals surface area contributed by atoms with Crippen molar-refractivity contribution in [1.82, 2.24) is 0 Å². The minimum absolute atomic E-state index is 0.167. The summed E-state index contributed by atoms with van der Waals surface area (Å²) < 4.78 is 30.8. The molecule has 0 saturated heterocycles. The van der Waals surface area contributed by atoms with Crippen molar-refractivity contribution in [3.63, 3.8) is 0 Å². The van der Waals surface area contributed by atoms with Gasteiger partial charge in [-0.05, 0) is 55.0 Å². The molecule has 0 aromatic heterocycles. The molecule has 122 valence electrons. The molecule has 7 heteroatoms. The largest absolute Gasteiger partial charge is 0.375 e. The summed E-state index contributed by atoms with van der Waals surface area (Å²) >= 11 is 0. The van der Waals surface area contributed by atoms with Crippen molar-refractivity contribution in [3.8, 4) is 0 Å². The molecule has 2 aromatic carbocycles. The van der Waals surface area contributed by atoms with E-state index < -0.39 is 10.1 Å². The standard InChI is InChI=1S/C16H19N3O3S/c1-3-12-19(2)15-8-4-13(5-9-15)17-18-14-6-10-16(11-7-14)23(20,21)22/h4-11H,3,12H2,1-2H3,(H,20,21,22). The lowest BCUT2D eigenvalue weighted by atomic mass is 10.2. The van der Waals surface area contributed by atoms with E-state index in [9.17, 15) is 8.42 Å². The molecule has 6 nitrogen and oxygen atoms in total. The molecule has 0 fully saturated rings. The maximum Gasteiger partial charge on any atom is 0.294 e. The Balaban J connectivity index is 2.08. The Kier molecular flexibility index (Phi) is 5.46. The monoisotopic (exact) mass is 333 g/mol. The second-order valence-electron chi connectivity index (χ2n) is 5.11. The van der Waals surface area contributed by atoms with Crippen molar-refractivity contribution >= 4 is 27.2 Å². The van der Waals surface area contributed by atoms with E-state index >= 15 is 0 Å². The van der Waals surface area contributed by atoms with E-state index in [1.165, 1.54) is 24.3 Å². The van der Waals surface area contributed by atoms with E-state index in [4.69, 9.17) is 4.55 Å². The molecule has 23 heavy (non-hydrogen) atoms. The lowest BCUT2D eigenvalue weighted by molar-refractivity contribution is 0.483. The molecule has 0 spiro atoms. The molecule has 1 N–H and O–H groups in total. The zero-order chi connectivity index (χ0) is 16.9. The van der Waals surface area contributed by atoms with Crippen molar-refractivity contribution in [1.29, 1.82) is 0 Å². The van der Waals surface area contributed by atoms with Crippen LogP contribution in [0.5, 0.6) is 0 Å². The average Bonchev–Trinajstić information content (AvgIpc) is 2.53. The first kappa shape index (κ1) is 17.1. The highest BCUT2D eigenvalue weighted by Crippen LogP contribution is 2.22. The van der Waals surface area contributed by atoms with Crippen LogP contribution in [0.2, 0.25) is 0 Å². The fourth-order valence-corrected chi connectivity index (χ4v) is 2.52. The Morgan fingerprint density at radius 2 is 1.43 bits per heavy atom. The van der Waals surface area contributed by atoms with Crippen molar-refractivity contribution < 1.29 is 13.0 Å². The summed E-state index contributed by atoms with van der Waals surface area (Å²) in [5.74, 6) is 0. The zero-order valence-corrected chi connectivity index (χ0v) is 13.9. The first-order valence-corrected chi connectivity index (χ1v) is 8.64. The van der Waals surface area contributed by atoms with Gasteiger partial charge in [0.1, 0.15) is 0 Å². The number of rotatable bonds is 6. The van der Waals surface area contributed by atoms with Gasteiger partial charge < -0.3 is 4.90 Å². The van der Waals surface area contributed by atoms with Gasteiger partial charge in [-0.25, -0.2) is 0 Å². The SMILES string of the molecule is CCCN(C)c1ccc(N=Nc2ccc(S(=O)(=O)O)cc2)cc1. The molecule has 2 aromatic rings. The van der Waals surface area contributed by atoms with E-state index in [0.29, 0.717) is 11.4 Å². The molecular formula is C16H19N3O3S. The van der Waals surface area contributed by atoms with Crippen LogP contribution in [0.25, 0.3) is 0 Å². The second-order valence-corrected chi connectivity index (χ2v) is 6.53. The molecule has 2 rings (SSSR count). The lowest BCUT2D eigenvalue weighted by Gasteiger charge is -2.17. The van der Waals surface area contributed by atoms with Crippen LogP contribution in [-0.2, 0) is 10.1 Å². The summed E-state index contributed by atoms with van der Waals surface area (Å²) in [5, 5.41) is 8.15. The van der Waals surface area contributed by atoms with Crippen LogP contribution in [0.15, 0.2) is 63.7 Å². The van der Waals surface area contributed by atoms with Gasteiger partial charge in [-0.1, -0.05) is 6.92 Å². The quantitative estimate of drug-likeness (QED) is 0.634. The summed E-state index contributed by atoms with van der Waals surface area (Å²) in [5.41, 5.74) is 2.32. The maximum atomic E-state index is 11.0. The summed E-state index contributed by atoms with van der Waals surface area (Å²) in [7, 11) is -2.14. The van der Waals surface area contributed by atoms with Crippen LogP contribution in [0.4, 0.5) is 17.1 Å². The van der Waals surface area contributed by atoms with Crippen LogP contribution < -0.4 is 4.90 Å². The maximum absolute atomic E-state index is 11.0. The van der Waals surface area contributed by atoms with E-state index in [0.717, 1.165) is 18.7 Å². The normalized spacial score (nSPS) is 11.8. The van der Waals surface area contributed by atoms with Crippen LogP contribution in [-0.4, -0.2) is 26.6 Å². The van der Waals surface area contributed by atoms with Gasteiger partial charge in [0, 0.05) is 19.3 Å². The molecule has 0 atom stereocenters. The minimum atomic E-state index is -4.18. The third kappa shape index (κ3) is 4.87. The highest BCUT2D eigenvalue weighted by Gasteiger charge is 2.08. The van der Waals surface area contributed by atoms with Crippen molar-refractivity contribution in [2.24, 2.45) is 10.2 Å². The smallest absolute Gasteiger partial charge is 0.294 e. The summed E-state index contributed by atoms with van der Waals surface area (Å²) in [6.45, 7) is 3.12. The van der Waals surface area contributed by atoms with Crippen LogP contribution in [0.1, 0.15) is 13.3 Å². The molecule has 0 unspecified atom stereocenters. The minimum Gasteiger partial charge on any atom is -0.375 e. The van der Waals surface area contributed by atoms with Crippen LogP contribution in [0.3, 0.4) is 0 Å². The number of hydrogen-bond donors (Lipinski definition) is 1. The zero-order valence-electron chi connectivity index (χ0n) is 13.0. The van der Waals surface area contributed by atoms with Gasteiger partial charge in [-0.15, -0.1) is 0 Å². The molecule has 0 radical (unpaired) electrons. The van der Waals surface area contributed by atoms with E-state index in [-0.39, 0.29) is 4.90 Å². The van der Waals surface area contributed by atoms with Gasteiger partial charge in [0.15, 0.2) is 0 Å². The molecule has 0 aliphatic rings. The number of nitrogens with zero attached hydrogens (tertiary/aromatic N) is 3. The van der Waals surface area contributed by atoms with E-state index in [2.05, 4.69) is 22.1 Å². The van der Waals surface area contributed by atoms with Crippen molar-refractivity contribution in [3.05, 3.63) is 48.5 Å². The Morgan fingerprint density at radius 3 is 1.87 bits per heavy atom. The number of azo groups is 1. The molecule has 0 heterocycles. The van der Waals surface area contributed by atoms with E-state index in [1.54, 1.807) is 0 Å². The second kappa shape index (κ2) is 7.34. The Labute approximate surface area is 136 Å². The van der Waals surface area contributed by atoms with Gasteiger partial charge in [-0.2, -0.15) is 18.6 Å². The van der Waals surface area contributed by atoms with Crippen molar-refractivity contribution in [2.75, 3.05) is 18.5 Å². The number of hydrogen-bond acceptors (Lipinski definition) is 5. The molecule has 0 saturated carbocycles. The van der Waals surface area contributed by atoms with Crippen LogP contribution in [0, 0.1) is 0 Å². The van der Waals surface area contributed by atoms with E-state index in [1.807, 2.05) is 31.3 Å². The number of benzene rings is 2. The number of anilines is 1. The Morgan fingerprint density at radius 1 is 0.957 bits per heavy atom. The van der Waals surface area contributed by atoms with Gasteiger partial charge in [0.05, 0.1) is 16.3 Å². The average molecular weight is 333 g/mol. The summed E-state index contributed by atoms with van der Waals surface area (Å²) in [6, 6.07) is 13.2. The predicted molar refractivity (Wildman–Crippen MR) is 90.4 cm³/mol. The lowest BCUT2D eigenvalue weighted by Crippen LogP contribution is -2.17. The highest BCUT2D eigenvalue weighted by molar-refractivity contribution is 7.85. The first-order valence-electron chi connectivity index (χ1n) is 7.20. The van der Waals surface area contributed by atoms with Crippen LogP contribution >= 0.6 is 0 Å². The molecule has 0 bridgehead atoms. The fraction of sp³-hybridized carbons (Fsp3) is 0.250.